The minimum Gasteiger partial charge on any atom is -0.306 e. The van der Waals surface area contributed by atoms with Gasteiger partial charge in [0.15, 0.2) is 5.82 Å². The summed E-state index contributed by atoms with van der Waals surface area (Å²) in [6, 6.07) is 3.76. The molecule has 3 aromatic heterocycles. The average Bonchev–Trinajstić information content (AvgIpc) is 3.20. The van der Waals surface area contributed by atoms with E-state index in [1.165, 1.54) is 22.3 Å². The van der Waals surface area contributed by atoms with E-state index in [-0.39, 0.29) is 12.5 Å². The third-order valence-electron chi connectivity index (χ3n) is 3.14. The molecule has 0 aliphatic carbocycles. The lowest BCUT2D eigenvalue weighted by molar-refractivity contribution is -0.116. The molecule has 3 aromatic rings. The largest absolute Gasteiger partial charge is 0.306 e. The van der Waals surface area contributed by atoms with Gasteiger partial charge in [0.25, 0.3) is 0 Å². The molecule has 0 saturated carbocycles. The number of hydrogen-bond donors (Lipinski definition) is 1. The van der Waals surface area contributed by atoms with Crippen molar-refractivity contribution in [3.8, 4) is 10.6 Å². The number of amides is 1. The number of carbonyl (C=O) groups excluding carboxylic acids is 1. The van der Waals surface area contributed by atoms with Crippen molar-refractivity contribution in [2.75, 3.05) is 5.32 Å². The van der Waals surface area contributed by atoms with E-state index in [0.717, 1.165) is 16.1 Å². The molecule has 7 nitrogen and oxygen atoms in total. The number of nitrogens with one attached hydrogen (secondary N) is 1. The van der Waals surface area contributed by atoms with Crippen LogP contribution < -0.4 is 5.32 Å². The van der Waals surface area contributed by atoms with Crippen LogP contribution >= 0.6 is 22.9 Å². The molecule has 9 heteroatoms. The number of aryl methyl sites for hydroxylation is 2. The van der Waals surface area contributed by atoms with Gasteiger partial charge in [0, 0.05) is 6.20 Å². The number of aromatic nitrogens is 5. The first-order valence-electron chi connectivity index (χ1n) is 7.05. The smallest absolute Gasteiger partial charge is 0.247 e. The van der Waals surface area contributed by atoms with Gasteiger partial charge in [-0.25, -0.2) is 0 Å². The number of nitrogens with zero attached hydrogens (tertiary/aromatic N) is 5. The van der Waals surface area contributed by atoms with Crippen LogP contribution in [0.2, 0.25) is 4.34 Å². The van der Waals surface area contributed by atoms with Crippen molar-refractivity contribution >= 4 is 34.7 Å². The second kappa shape index (κ2) is 6.51. The number of halogens is 1. The van der Waals surface area contributed by atoms with E-state index in [0.29, 0.717) is 16.7 Å². The second-order valence-corrected chi connectivity index (χ2v) is 6.64. The van der Waals surface area contributed by atoms with E-state index in [1.54, 1.807) is 4.68 Å². The fourth-order valence-electron chi connectivity index (χ4n) is 2.12. The molecule has 0 atom stereocenters. The molecular formula is C14H15ClN6OS. The highest BCUT2D eigenvalue weighted by Gasteiger charge is 2.13. The maximum atomic E-state index is 12.1. The van der Waals surface area contributed by atoms with E-state index < -0.39 is 0 Å². The highest BCUT2D eigenvalue weighted by atomic mass is 35.5. The summed E-state index contributed by atoms with van der Waals surface area (Å²) >= 11 is 7.43. The lowest BCUT2D eigenvalue weighted by Gasteiger charge is -2.01. The molecule has 3 rings (SSSR count). The number of carbonyl (C=O) groups is 1. The number of thiophene rings is 1. The zero-order valence-electron chi connectivity index (χ0n) is 12.7. The van der Waals surface area contributed by atoms with E-state index in [4.69, 9.17) is 11.6 Å². The number of hydrogen-bond acceptors (Lipinski definition) is 5. The minimum atomic E-state index is -0.202. The summed E-state index contributed by atoms with van der Waals surface area (Å²) < 4.78 is 2.32. The van der Waals surface area contributed by atoms with Gasteiger partial charge in [-0.2, -0.15) is 15.0 Å². The van der Waals surface area contributed by atoms with Crippen molar-refractivity contribution in [3.63, 3.8) is 0 Å². The third-order valence-corrected chi connectivity index (χ3v) is 4.38. The molecule has 0 bridgehead atoms. The fraction of sp³-hybridized carbons (Fsp3) is 0.286. The Morgan fingerprint density at radius 1 is 1.39 bits per heavy atom. The van der Waals surface area contributed by atoms with E-state index in [1.807, 2.05) is 32.2 Å². The lowest BCUT2D eigenvalue weighted by atomic mass is 10.2. The maximum absolute atomic E-state index is 12.1. The first-order valence-corrected chi connectivity index (χ1v) is 8.24. The summed E-state index contributed by atoms with van der Waals surface area (Å²) in [5.41, 5.74) is 1.83. The molecule has 1 amide bonds. The van der Waals surface area contributed by atoms with Crippen molar-refractivity contribution < 1.29 is 4.79 Å². The summed E-state index contributed by atoms with van der Waals surface area (Å²) in [6.45, 7) is 4.65. The molecule has 120 valence electrons. The van der Waals surface area contributed by atoms with Gasteiger partial charge in [0.05, 0.1) is 22.0 Å². The number of rotatable bonds is 5. The van der Waals surface area contributed by atoms with Crippen LogP contribution in [0.5, 0.6) is 0 Å². The molecule has 0 radical (unpaired) electrons. The summed E-state index contributed by atoms with van der Waals surface area (Å²) in [5, 5.41) is 15.3. The van der Waals surface area contributed by atoms with Gasteiger partial charge in [-0.3, -0.25) is 9.48 Å². The van der Waals surface area contributed by atoms with Gasteiger partial charge < -0.3 is 5.32 Å². The van der Waals surface area contributed by atoms with Crippen LogP contribution in [0.4, 0.5) is 5.82 Å². The summed E-state index contributed by atoms with van der Waals surface area (Å²) in [6.07, 6.45) is 3.36. The molecule has 1 N–H and O–H groups in total. The molecule has 3 heterocycles. The van der Waals surface area contributed by atoms with Crippen LogP contribution in [-0.4, -0.2) is 30.7 Å². The van der Waals surface area contributed by atoms with Gasteiger partial charge in [-0.1, -0.05) is 11.6 Å². The highest BCUT2D eigenvalue weighted by molar-refractivity contribution is 7.19. The molecule has 23 heavy (non-hydrogen) atoms. The van der Waals surface area contributed by atoms with Crippen molar-refractivity contribution in [1.29, 1.82) is 0 Å². The van der Waals surface area contributed by atoms with Crippen molar-refractivity contribution in [3.05, 3.63) is 34.4 Å². The Kier molecular flexibility index (Phi) is 4.44. The Morgan fingerprint density at radius 3 is 2.87 bits per heavy atom. The maximum Gasteiger partial charge on any atom is 0.247 e. The summed E-state index contributed by atoms with van der Waals surface area (Å²) in [7, 11) is 0. The van der Waals surface area contributed by atoms with Crippen molar-refractivity contribution in [2.45, 2.75) is 26.9 Å². The molecule has 0 spiro atoms. The Balaban J connectivity index is 1.69. The van der Waals surface area contributed by atoms with Crippen LogP contribution in [0.3, 0.4) is 0 Å². The normalized spacial score (nSPS) is 10.9. The van der Waals surface area contributed by atoms with Gasteiger partial charge in [-0.05, 0) is 31.5 Å². The third kappa shape index (κ3) is 3.59. The predicted octanol–water partition coefficient (Wildman–Crippen LogP) is 2.82. The Morgan fingerprint density at radius 2 is 2.22 bits per heavy atom. The second-order valence-electron chi connectivity index (χ2n) is 4.93. The molecular weight excluding hydrogens is 336 g/mol. The van der Waals surface area contributed by atoms with Gasteiger partial charge in [0.1, 0.15) is 12.2 Å². The molecule has 0 aliphatic heterocycles. The van der Waals surface area contributed by atoms with E-state index >= 15 is 0 Å². The standard InChI is InChI=1S/C14H15ClN6OS/c1-3-21-16-6-12(18-21)17-13(22)8-20-7-9(2)14(19-20)10-4-5-11(15)23-10/h4-7H,3,8H2,1-2H3,(H,17,18,22). The molecule has 0 unspecified atom stereocenters. The van der Waals surface area contributed by atoms with Gasteiger partial charge >= 0.3 is 0 Å². The lowest BCUT2D eigenvalue weighted by Crippen LogP contribution is -2.19. The van der Waals surface area contributed by atoms with E-state index in [2.05, 4.69) is 20.6 Å². The summed E-state index contributed by atoms with van der Waals surface area (Å²) in [5.74, 6) is 0.234. The Hall–Kier alpha value is -2.19. The molecule has 0 saturated heterocycles. The molecule has 0 aliphatic rings. The van der Waals surface area contributed by atoms with Gasteiger partial charge in [-0.15, -0.1) is 16.4 Å². The van der Waals surface area contributed by atoms with Crippen LogP contribution in [0, 0.1) is 6.92 Å². The Labute approximate surface area is 141 Å². The predicted molar refractivity (Wildman–Crippen MR) is 89.6 cm³/mol. The Bertz CT molecular complexity index is 836. The number of anilines is 1. The van der Waals surface area contributed by atoms with E-state index in [9.17, 15) is 4.79 Å². The monoisotopic (exact) mass is 350 g/mol. The van der Waals surface area contributed by atoms with Crippen LogP contribution in [0.1, 0.15) is 12.5 Å². The van der Waals surface area contributed by atoms with Crippen molar-refractivity contribution in [2.24, 2.45) is 0 Å². The average molecular weight is 351 g/mol. The molecule has 0 fully saturated rings. The van der Waals surface area contributed by atoms with Crippen molar-refractivity contribution in [1.82, 2.24) is 24.8 Å². The molecule has 0 aromatic carbocycles. The zero-order chi connectivity index (χ0) is 16.4. The fourth-order valence-corrected chi connectivity index (χ4v) is 3.22. The first-order chi connectivity index (χ1) is 11.0. The van der Waals surface area contributed by atoms with Crippen LogP contribution in [-0.2, 0) is 17.9 Å². The minimum absolute atomic E-state index is 0.110. The zero-order valence-corrected chi connectivity index (χ0v) is 14.2. The van der Waals surface area contributed by atoms with Gasteiger partial charge in [0.2, 0.25) is 5.91 Å². The van der Waals surface area contributed by atoms with Crippen LogP contribution in [0.15, 0.2) is 24.5 Å². The summed E-state index contributed by atoms with van der Waals surface area (Å²) in [4.78, 5) is 14.6. The highest BCUT2D eigenvalue weighted by Crippen LogP contribution is 2.31. The first kappa shape index (κ1) is 15.7. The SMILES string of the molecule is CCn1ncc(NC(=O)Cn2cc(C)c(-c3ccc(Cl)s3)n2)n1. The van der Waals surface area contributed by atoms with Crippen LogP contribution in [0.25, 0.3) is 10.6 Å². The topological polar surface area (TPSA) is 77.6 Å². The quantitative estimate of drug-likeness (QED) is 0.767.